The minimum Gasteiger partial charge on any atom is -0.496 e. The molecule has 6 heteroatoms. The molecule has 200 valence electrons. The Kier molecular flexibility index (Phi) is 9.55. The smallest absolute Gasteiger partial charge is 0.256 e. The Morgan fingerprint density at radius 1 is 0.816 bits per heavy atom. The standard InChI is InChI=1S/C20H20BrNO2.C12H16O2/c1-11(2)15-8-13(12(3)7-19(15)24-4)9-17-16-10-14(21)5-6-18(16)22-20(17)23;1-8(2)11-6-10(7-13)9(3)5-12(11)14-4/h5-11H,1-4H3,(H,22,23);5-8H,1-4H3/b17-9-;. The molecular weight excluding hydrogens is 542 g/mol. The number of hydrogen-bond donors (Lipinski definition) is 1. The van der Waals surface area contributed by atoms with Gasteiger partial charge < -0.3 is 14.8 Å². The van der Waals surface area contributed by atoms with Crippen molar-refractivity contribution in [3.8, 4) is 11.5 Å². The molecule has 0 atom stereocenters. The van der Waals surface area contributed by atoms with Gasteiger partial charge in [0.05, 0.1) is 14.2 Å². The summed E-state index contributed by atoms with van der Waals surface area (Å²) in [5, 5.41) is 2.92. The molecule has 0 bridgehead atoms. The molecule has 0 saturated heterocycles. The summed E-state index contributed by atoms with van der Waals surface area (Å²) in [5.74, 6) is 2.40. The number of methoxy groups -OCH3 is 2. The minimum atomic E-state index is -0.0654. The first kappa shape index (κ1) is 29.2. The number of hydrogen-bond acceptors (Lipinski definition) is 4. The molecule has 4 rings (SSSR count). The van der Waals surface area contributed by atoms with E-state index in [9.17, 15) is 9.59 Å². The second kappa shape index (κ2) is 12.4. The molecule has 5 nitrogen and oxygen atoms in total. The predicted octanol–water partition coefficient (Wildman–Crippen LogP) is 8.32. The van der Waals surface area contributed by atoms with E-state index in [0.29, 0.717) is 17.4 Å². The molecule has 1 aliphatic rings. The summed E-state index contributed by atoms with van der Waals surface area (Å²) in [6, 6.07) is 13.8. The Hall–Kier alpha value is -3.38. The number of halogens is 1. The van der Waals surface area contributed by atoms with Crippen LogP contribution in [0.3, 0.4) is 0 Å². The Labute approximate surface area is 234 Å². The molecule has 0 radical (unpaired) electrons. The van der Waals surface area contributed by atoms with E-state index in [1.807, 2.05) is 56.3 Å². The van der Waals surface area contributed by atoms with Gasteiger partial charge in [-0.1, -0.05) is 43.6 Å². The first-order valence-corrected chi connectivity index (χ1v) is 13.4. The van der Waals surface area contributed by atoms with E-state index < -0.39 is 0 Å². The first-order chi connectivity index (χ1) is 18.0. The number of aryl methyl sites for hydroxylation is 2. The summed E-state index contributed by atoms with van der Waals surface area (Å²) < 4.78 is 11.7. The molecule has 1 aliphatic heterocycles. The summed E-state index contributed by atoms with van der Waals surface area (Å²) in [5.41, 5.74) is 8.52. The van der Waals surface area contributed by atoms with Crippen molar-refractivity contribution in [1.29, 1.82) is 0 Å². The fourth-order valence-electron chi connectivity index (χ4n) is 4.43. The highest BCUT2D eigenvalue weighted by Crippen LogP contribution is 2.37. The Morgan fingerprint density at radius 3 is 1.84 bits per heavy atom. The van der Waals surface area contributed by atoms with Crippen molar-refractivity contribution < 1.29 is 19.1 Å². The van der Waals surface area contributed by atoms with Crippen LogP contribution in [0.25, 0.3) is 11.6 Å². The third kappa shape index (κ3) is 6.36. The molecule has 0 fully saturated rings. The number of fused-ring (bicyclic) bond motifs is 1. The van der Waals surface area contributed by atoms with E-state index in [2.05, 4.69) is 55.0 Å². The van der Waals surface area contributed by atoms with Crippen LogP contribution in [0.1, 0.15) is 83.3 Å². The van der Waals surface area contributed by atoms with Crippen LogP contribution in [-0.4, -0.2) is 26.4 Å². The third-order valence-corrected chi connectivity index (χ3v) is 7.17. The molecule has 0 aliphatic carbocycles. The van der Waals surface area contributed by atoms with E-state index in [1.165, 1.54) is 0 Å². The molecule has 3 aromatic rings. The van der Waals surface area contributed by atoms with Crippen molar-refractivity contribution in [1.82, 2.24) is 0 Å². The number of anilines is 1. The van der Waals surface area contributed by atoms with E-state index in [-0.39, 0.29) is 5.91 Å². The second-order valence-electron chi connectivity index (χ2n) is 10.0. The molecule has 0 unspecified atom stereocenters. The van der Waals surface area contributed by atoms with Gasteiger partial charge in [0.2, 0.25) is 0 Å². The normalized spacial score (nSPS) is 13.2. The summed E-state index contributed by atoms with van der Waals surface area (Å²) in [6.07, 6.45) is 2.86. The van der Waals surface area contributed by atoms with E-state index in [1.54, 1.807) is 14.2 Å². The molecular formula is C32H36BrNO4. The maximum atomic E-state index is 12.4. The van der Waals surface area contributed by atoms with Crippen molar-refractivity contribution in [2.45, 2.75) is 53.4 Å². The fourth-order valence-corrected chi connectivity index (χ4v) is 4.79. The van der Waals surface area contributed by atoms with Gasteiger partial charge in [-0.15, -0.1) is 0 Å². The van der Waals surface area contributed by atoms with Gasteiger partial charge in [-0.3, -0.25) is 9.59 Å². The monoisotopic (exact) mass is 577 g/mol. The third-order valence-electron chi connectivity index (χ3n) is 6.67. The van der Waals surface area contributed by atoms with Gasteiger partial charge in [-0.25, -0.2) is 0 Å². The van der Waals surface area contributed by atoms with Crippen molar-refractivity contribution in [3.05, 3.63) is 85.9 Å². The molecule has 38 heavy (non-hydrogen) atoms. The quantitative estimate of drug-likeness (QED) is 0.236. The number of nitrogens with one attached hydrogen (secondary N) is 1. The number of amides is 1. The zero-order chi connectivity index (χ0) is 28.1. The second-order valence-corrected chi connectivity index (χ2v) is 10.9. The number of aldehydes is 1. The highest BCUT2D eigenvalue weighted by molar-refractivity contribution is 9.10. The Bertz CT molecular complexity index is 1390. The highest BCUT2D eigenvalue weighted by atomic mass is 79.9. The summed E-state index contributed by atoms with van der Waals surface area (Å²) >= 11 is 3.48. The summed E-state index contributed by atoms with van der Waals surface area (Å²) in [7, 11) is 3.35. The maximum absolute atomic E-state index is 12.4. The van der Waals surface area contributed by atoms with Gasteiger partial charge in [0.1, 0.15) is 17.8 Å². The van der Waals surface area contributed by atoms with Crippen LogP contribution in [0.15, 0.2) is 46.9 Å². The molecule has 1 N–H and O–H groups in total. The Balaban J connectivity index is 0.000000244. The first-order valence-electron chi connectivity index (χ1n) is 12.7. The van der Waals surface area contributed by atoms with Crippen molar-refractivity contribution >= 4 is 45.5 Å². The van der Waals surface area contributed by atoms with Gasteiger partial charge in [0, 0.05) is 26.9 Å². The number of carbonyl (C=O) groups excluding carboxylic acids is 2. The SMILES string of the molecule is COc1cc(C)c(/C=C2\C(=O)Nc3ccc(Br)cc32)cc1C(C)C.COc1cc(C)c(C=O)cc1C(C)C. The predicted molar refractivity (Wildman–Crippen MR) is 160 cm³/mol. The highest BCUT2D eigenvalue weighted by Gasteiger charge is 2.24. The number of carbonyl (C=O) groups is 2. The number of benzene rings is 3. The van der Waals surface area contributed by atoms with E-state index in [4.69, 9.17) is 9.47 Å². The maximum Gasteiger partial charge on any atom is 0.256 e. The van der Waals surface area contributed by atoms with Crippen LogP contribution in [0.5, 0.6) is 11.5 Å². The lowest BCUT2D eigenvalue weighted by Gasteiger charge is -2.15. The van der Waals surface area contributed by atoms with Gasteiger partial charge in [-0.2, -0.15) is 0 Å². The van der Waals surface area contributed by atoms with Gasteiger partial charge in [0.15, 0.2) is 0 Å². The van der Waals surface area contributed by atoms with E-state index >= 15 is 0 Å². The van der Waals surface area contributed by atoms with Crippen LogP contribution >= 0.6 is 15.9 Å². The largest absolute Gasteiger partial charge is 0.496 e. The Morgan fingerprint density at radius 2 is 1.34 bits per heavy atom. The van der Waals surface area contributed by atoms with Crippen molar-refractivity contribution in [3.63, 3.8) is 0 Å². The molecule has 0 spiro atoms. The zero-order valence-corrected chi connectivity index (χ0v) is 24.9. The minimum absolute atomic E-state index is 0.0654. The molecule has 3 aromatic carbocycles. The average molecular weight is 579 g/mol. The van der Waals surface area contributed by atoms with Gasteiger partial charge in [0.25, 0.3) is 5.91 Å². The van der Waals surface area contributed by atoms with Gasteiger partial charge >= 0.3 is 0 Å². The topological polar surface area (TPSA) is 64.6 Å². The fraction of sp³-hybridized carbons (Fsp3) is 0.312. The van der Waals surface area contributed by atoms with Crippen molar-refractivity contribution in [2.75, 3.05) is 19.5 Å². The number of rotatable bonds is 6. The van der Waals surface area contributed by atoms with Crippen LogP contribution in [0.4, 0.5) is 5.69 Å². The van der Waals surface area contributed by atoms with E-state index in [0.717, 1.165) is 66.9 Å². The summed E-state index contributed by atoms with van der Waals surface area (Å²) in [6.45, 7) is 12.4. The zero-order valence-electron chi connectivity index (χ0n) is 23.4. The van der Waals surface area contributed by atoms with Crippen LogP contribution in [-0.2, 0) is 4.79 Å². The molecule has 0 saturated carbocycles. The number of ether oxygens (including phenoxy) is 2. The van der Waals surface area contributed by atoms with Crippen molar-refractivity contribution in [2.24, 2.45) is 0 Å². The molecule has 0 aromatic heterocycles. The lowest BCUT2D eigenvalue weighted by Crippen LogP contribution is -2.04. The summed E-state index contributed by atoms with van der Waals surface area (Å²) in [4.78, 5) is 23.1. The molecule has 1 amide bonds. The lowest BCUT2D eigenvalue weighted by atomic mass is 9.94. The van der Waals surface area contributed by atoms with Gasteiger partial charge in [-0.05, 0) is 102 Å². The lowest BCUT2D eigenvalue weighted by molar-refractivity contribution is -0.110. The van der Waals surface area contributed by atoms with Crippen LogP contribution < -0.4 is 14.8 Å². The molecule has 1 heterocycles. The average Bonchev–Trinajstić information content (AvgIpc) is 3.18. The van der Waals surface area contributed by atoms with Crippen LogP contribution in [0, 0.1) is 13.8 Å². The van der Waals surface area contributed by atoms with Crippen LogP contribution in [0.2, 0.25) is 0 Å².